The van der Waals surface area contributed by atoms with E-state index >= 15 is 0 Å². The Bertz CT molecular complexity index is 1230. The van der Waals surface area contributed by atoms with Crippen molar-refractivity contribution >= 4 is 12.0 Å². The molecular formula is C37H60N2O7. The molecule has 0 aromatic carbocycles. The molecule has 13 atom stereocenters. The number of aliphatic hydroxyl groups excluding tert-OH is 1. The van der Waals surface area contributed by atoms with Crippen molar-refractivity contribution in [2.75, 3.05) is 13.2 Å². The van der Waals surface area contributed by atoms with Gasteiger partial charge in [0.1, 0.15) is 18.2 Å². The summed E-state index contributed by atoms with van der Waals surface area (Å²) in [6, 6.07) is -0.504. The van der Waals surface area contributed by atoms with E-state index in [1.54, 1.807) is 13.8 Å². The summed E-state index contributed by atoms with van der Waals surface area (Å²) in [7, 11) is 0. The zero-order chi connectivity index (χ0) is 33.1. The van der Waals surface area contributed by atoms with Gasteiger partial charge in [-0.3, -0.25) is 4.79 Å². The molecule has 4 N–H and O–H groups in total. The molecule has 2 saturated heterocycles. The first kappa shape index (κ1) is 33.1. The Morgan fingerprint density at radius 2 is 1.76 bits per heavy atom. The summed E-state index contributed by atoms with van der Waals surface area (Å²) in [5, 5.41) is 29.1. The fraction of sp³-hybridized carbons (Fsp3) is 0.946. The van der Waals surface area contributed by atoms with Crippen LogP contribution in [0.25, 0.3) is 0 Å². The number of ether oxygens (including phenoxy) is 3. The maximum absolute atomic E-state index is 13.0. The minimum Gasteiger partial charge on any atom is -0.446 e. The largest absolute Gasteiger partial charge is 0.446 e. The van der Waals surface area contributed by atoms with E-state index < -0.39 is 29.9 Å². The lowest BCUT2D eigenvalue weighted by atomic mass is 9.41. The molecule has 7 fully saturated rings. The van der Waals surface area contributed by atoms with Crippen molar-refractivity contribution in [1.29, 1.82) is 0 Å². The summed E-state index contributed by atoms with van der Waals surface area (Å²) in [6.45, 7) is 16.0. The van der Waals surface area contributed by atoms with Crippen LogP contribution in [-0.4, -0.2) is 77.5 Å². The van der Waals surface area contributed by atoms with Crippen molar-refractivity contribution in [2.45, 2.75) is 161 Å². The molecule has 9 nitrogen and oxygen atoms in total. The average Bonchev–Trinajstić information content (AvgIpc) is 3.43. The number of alkyl carbamates (subject to hydrolysis) is 1. The fourth-order valence-electron chi connectivity index (χ4n) is 13.8. The summed E-state index contributed by atoms with van der Waals surface area (Å²) in [5.74, 6) is 1.06. The predicted molar refractivity (Wildman–Crippen MR) is 173 cm³/mol. The molecule has 5 aliphatic carbocycles. The molecule has 0 bridgehead atoms. The summed E-state index contributed by atoms with van der Waals surface area (Å²) in [5.41, 5.74) is -0.975. The molecule has 260 valence electrons. The molecule has 2 amide bonds. The normalized spacial score (nSPS) is 49.4. The summed E-state index contributed by atoms with van der Waals surface area (Å²) in [6.07, 6.45) is 8.99. The number of carbonyl (C=O) groups excluding carboxylic acids is 2. The summed E-state index contributed by atoms with van der Waals surface area (Å²) < 4.78 is 19.1. The highest BCUT2D eigenvalue weighted by Gasteiger charge is 2.85. The minimum atomic E-state index is -1.03. The quantitative estimate of drug-likeness (QED) is 0.304. The van der Waals surface area contributed by atoms with Gasteiger partial charge >= 0.3 is 6.09 Å². The smallest absolute Gasteiger partial charge is 0.408 e. The minimum absolute atomic E-state index is 0.0326. The number of hydrogen-bond donors (Lipinski definition) is 4. The second-order valence-corrected chi connectivity index (χ2v) is 17.8. The summed E-state index contributed by atoms with van der Waals surface area (Å²) >= 11 is 0. The molecule has 2 aliphatic heterocycles. The second kappa shape index (κ2) is 10.8. The first-order valence-electron chi connectivity index (χ1n) is 18.6. The van der Waals surface area contributed by atoms with Crippen molar-refractivity contribution in [1.82, 2.24) is 10.6 Å². The Balaban J connectivity index is 1.12. The highest BCUT2D eigenvalue weighted by molar-refractivity contribution is 5.87. The number of carbonyl (C=O) groups is 2. The van der Waals surface area contributed by atoms with E-state index in [1.165, 1.54) is 12.8 Å². The highest BCUT2D eigenvalue weighted by atomic mass is 16.6. The molecule has 0 aromatic rings. The standard InChI is InChI=1S/C37H60N2O7/c1-8-35-17-18-37-20-36(37)16-14-26(46-31(42)39-22-15-19-38-30(22)41)32(3,4)24(36)12-13-25(37)34(35,7)28(40)27-21(35)10-11-23(45-27)29(44-9-2)33(5,6)43/h21-29,40,43H,8-20H2,1-7H3,(H,38,41)(H,39,42). The number of fused-ring (bicyclic) bond motifs is 4. The van der Waals surface area contributed by atoms with Gasteiger partial charge in [0, 0.05) is 24.0 Å². The molecule has 7 aliphatic rings. The Hall–Kier alpha value is -1.42. The van der Waals surface area contributed by atoms with Gasteiger partial charge in [-0.05, 0) is 125 Å². The molecule has 5 saturated carbocycles. The van der Waals surface area contributed by atoms with Crippen LogP contribution in [0.15, 0.2) is 0 Å². The number of nitrogens with one attached hydrogen (secondary N) is 2. The Morgan fingerprint density at radius 1 is 1.04 bits per heavy atom. The molecule has 7 rings (SSSR count). The molecule has 0 radical (unpaired) electrons. The SMILES string of the molecule is CCOC(C1CCC2C(O1)C(O)C1(C)C3CCC4C(C)(C)C(OC(=O)NC5CCNC5=O)CCC45CC35CCC21CC)C(C)(C)O. The van der Waals surface area contributed by atoms with E-state index in [0.717, 1.165) is 51.4 Å². The van der Waals surface area contributed by atoms with Gasteiger partial charge in [0.2, 0.25) is 5.91 Å². The van der Waals surface area contributed by atoms with Crippen molar-refractivity contribution in [3.8, 4) is 0 Å². The monoisotopic (exact) mass is 644 g/mol. The molecule has 46 heavy (non-hydrogen) atoms. The third-order valence-corrected chi connectivity index (χ3v) is 15.7. The van der Waals surface area contributed by atoms with Crippen LogP contribution >= 0.6 is 0 Å². The zero-order valence-corrected chi connectivity index (χ0v) is 29.3. The van der Waals surface area contributed by atoms with Crippen LogP contribution in [0.2, 0.25) is 0 Å². The van der Waals surface area contributed by atoms with Crippen molar-refractivity contribution in [3.05, 3.63) is 0 Å². The number of amides is 2. The first-order chi connectivity index (χ1) is 21.6. The van der Waals surface area contributed by atoms with E-state index in [2.05, 4.69) is 38.3 Å². The third kappa shape index (κ3) is 4.25. The van der Waals surface area contributed by atoms with Crippen LogP contribution in [0.4, 0.5) is 4.79 Å². The van der Waals surface area contributed by atoms with Crippen LogP contribution < -0.4 is 10.6 Å². The highest BCUT2D eigenvalue weighted by Crippen LogP contribution is 2.89. The van der Waals surface area contributed by atoms with Gasteiger partial charge in [-0.1, -0.05) is 27.7 Å². The van der Waals surface area contributed by atoms with Gasteiger partial charge in [-0.2, -0.15) is 0 Å². The van der Waals surface area contributed by atoms with E-state index in [9.17, 15) is 19.8 Å². The number of hydrogen-bond acceptors (Lipinski definition) is 7. The van der Waals surface area contributed by atoms with E-state index in [4.69, 9.17) is 14.2 Å². The molecule has 2 spiro atoms. The Morgan fingerprint density at radius 3 is 2.41 bits per heavy atom. The number of rotatable bonds is 7. The van der Waals surface area contributed by atoms with Gasteiger partial charge in [-0.15, -0.1) is 0 Å². The Kier molecular flexibility index (Phi) is 7.76. The average molecular weight is 645 g/mol. The van der Waals surface area contributed by atoms with Crippen LogP contribution in [0, 0.1) is 44.8 Å². The van der Waals surface area contributed by atoms with Crippen molar-refractivity contribution in [3.63, 3.8) is 0 Å². The van der Waals surface area contributed by atoms with Gasteiger partial charge in [0.15, 0.2) is 0 Å². The van der Waals surface area contributed by atoms with Crippen LogP contribution in [0.5, 0.6) is 0 Å². The van der Waals surface area contributed by atoms with Crippen LogP contribution in [0.3, 0.4) is 0 Å². The Labute approximate surface area is 275 Å². The van der Waals surface area contributed by atoms with Crippen molar-refractivity contribution in [2.24, 2.45) is 44.8 Å². The van der Waals surface area contributed by atoms with E-state index in [-0.39, 0.29) is 51.3 Å². The molecular weight excluding hydrogens is 584 g/mol. The lowest BCUT2D eigenvalue weighted by Crippen LogP contribution is -2.60. The van der Waals surface area contributed by atoms with Crippen molar-refractivity contribution < 1.29 is 34.0 Å². The first-order valence-corrected chi connectivity index (χ1v) is 18.6. The molecule has 9 heteroatoms. The van der Waals surface area contributed by atoms with E-state index in [1.807, 2.05) is 6.92 Å². The van der Waals surface area contributed by atoms with E-state index in [0.29, 0.717) is 37.3 Å². The predicted octanol–water partition coefficient (Wildman–Crippen LogP) is 5.10. The molecule has 0 aromatic heterocycles. The van der Waals surface area contributed by atoms with Crippen LogP contribution in [0.1, 0.15) is 119 Å². The maximum Gasteiger partial charge on any atom is 0.408 e. The maximum atomic E-state index is 13.0. The number of aliphatic hydroxyl groups is 2. The lowest BCUT2D eigenvalue weighted by molar-refractivity contribution is -0.206. The molecule has 2 heterocycles. The van der Waals surface area contributed by atoms with Crippen LogP contribution in [-0.2, 0) is 19.0 Å². The second-order valence-electron chi connectivity index (χ2n) is 17.8. The van der Waals surface area contributed by atoms with Gasteiger partial charge < -0.3 is 35.1 Å². The third-order valence-electron chi connectivity index (χ3n) is 15.7. The topological polar surface area (TPSA) is 126 Å². The fourth-order valence-corrected chi connectivity index (χ4v) is 13.8. The molecule has 13 unspecified atom stereocenters. The van der Waals surface area contributed by atoms with Gasteiger partial charge in [0.05, 0.1) is 23.9 Å². The lowest BCUT2D eigenvalue weighted by Gasteiger charge is -2.64. The zero-order valence-electron chi connectivity index (χ0n) is 29.3. The van der Waals surface area contributed by atoms with Gasteiger partial charge in [-0.25, -0.2) is 4.79 Å². The summed E-state index contributed by atoms with van der Waals surface area (Å²) in [4.78, 5) is 25.0. The van der Waals surface area contributed by atoms with Gasteiger partial charge in [0.25, 0.3) is 0 Å².